The van der Waals surface area contributed by atoms with Gasteiger partial charge in [0.05, 0.1) is 0 Å². The number of piperidine rings is 1. The van der Waals surface area contributed by atoms with Crippen LogP contribution in [0.1, 0.15) is 12.8 Å². The van der Waals surface area contributed by atoms with Crippen LogP contribution in [0.4, 0.5) is 5.82 Å². The van der Waals surface area contributed by atoms with Crippen LogP contribution >= 0.6 is 11.6 Å². The second-order valence-electron chi connectivity index (χ2n) is 5.47. The molecule has 6 heteroatoms. The van der Waals surface area contributed by atoms with Crippen LogP contribution in [0.25, 0.3) is 22.1 Å². The summed E-state index contributed by atoms with van der Waals surface area (Å²) in [6.45, 7) is 1.74. The zero-order valence-corrected chi connectivity index (χ0v) is 12.2. The molecule has 2 N–H and O–H groups in total. The second kappa shape index (κ2) is 4.86. The number of hydrogen-bond acceptors (Lipinski definition) is 5. The Labute approximate surface area is 126 Å². The maximum atomic E-state index is 6.07. The number of rotatable bonds is 1. The Morgan fingerprint density at radius 2 is 2.24 bits per heavy atom. The average Bonchev–Trinajstić information content (AvgIpc) is 2.85. The molecule has 1 fully saturated rings. The van der Waals surface area contributed by atoms with E-state index in [0.29, 0.717) is 10.6 Å². The van der Waals surface area contributed by atoms with Gasteiger partial charge in [-0.05, 0) is 31.0 Å². The Bertz CT molecular complexity index is 816. The zero-order valence-electron chi connectivity index (χ0n) is 11.4. The number of hydrogen-bond donors (Lipinski definition) is 1. The van der Waals surface area contributed by atoms with Crippen molar-refractivity contribution >= 4 is 39.5 Å². The summed E-state index contributed by atoms with van der Waals surface area (Å²) in [5, 5.41) is 1.59. The molecule has 1 saturated heterocycles. The first-order valence-corrected chi connectivity index (χ1v) is 7.43. The molecule has 1 atom stereocenters. The lowest BCUT2D eigenvalue weighted by molar-refractivity contribution is 0.502. The van der Waals surface area contributed by atoms with Crippen molar-refractivity contribution in [1.29, 1.82) is 0 Å². The van der Waals surface area contributed by atoms with Crippen LogP contribution in [0.15, 0.2) is 28.9 Å². The fourth-order valence-corrected chi connectivity index (χ4v) is 3.14. The summed E-state index contributed by atoms with van der Waals surface area (Å²) in [5.41, 5.74) is 8.36. The molecule has 0 aliphatic carbocycles. The van der Waals surface area contributed by atoms with Gasteiger partial charge in [0.15, 0.2) is 11.4 Å². The minimum absolute atomic E-state index is 0.183. The molecule has 21 heavy (non-hydrogen) atoms. The second-order valence-corrected chi connectivity index (χ2v) is 5.90. The number of anilines is 1. The molecule has 0 radical (unpaired) electrons. The Kier molecular flexibility index (Phi) is 2.97. The van der Waals surface area contributed by atoms with E-state index in [4.69, 9.17) is 21.8 Å². The molecule has 3 heterocycles. The molecule has 3 aromatic rings. The van der Waals surface area contributed by atoms with Crippen molar-refractivity contribution in [3.05, 3.63) is 29.5 Å². The third-order valence-electron chi connectivity index (χ3n) is 3.95. The van der Waals surface area contributed by atoms with Crippen LogP contribution in [0.2, 0.25) is 5.02 Å². The highest BCUT2D eigenvalue weighted by Gasteiger charge is 2.22. The van der Waals surface area contributed by atoms with Gasteiger partial charge in [-0.25, -0.2) is 9.97 Å². The van der Waals surface area contributed by atoms with Crippen molar-refractivity contribution in [2.75, 3.05) is 18.0 Å². The summed E-state index contributed by atoms with van der Waals surface area (Å²) in [4.78, 5) is 11.0. The first-order chi connectivity index (χ1) is 10.2. The zero-order chi connectivity index (χ0) is 14.4. The van der Waals surface area contributed by atoms with Crippen molar-refractivity contribution in [1.82, 2.24) is 9.97 Å². The molecular weight excluding hydrogens is 288 g/mol. The van der Waals surface area contributed by atoms with Crippen molar-refractivity contribution in [2.24, 2.45) is 5.73 Å². The lowest BCUT2D eigenvalue weighted by Crippen LogP contribution is -2.43. The predicted molar refractivity (Wildman–Crippen MR) is 83.7 cm³/mol. The maximum Gasteiger partial charge on any atom is 0.196 e. The topological polar surface area (TPSA) is 68.2 Å². The largest absolute Gasteiger partial charge is 0.450 e. The van der Waals surface area contributed by atoms with Gasteiger partial charge in [-0.1, -0.05) is 11.6 Å². The first-order valence-electron chi connectivity index (χ1n) is 7.05. The van der Waals surface area contributed by atoms with E-state index in [9.17, 15) is 0 Å². The van der Waals surface area contributed by atoms with Crippen LogP contribution < -0.4 is 10.6 Å². The van der Waals surface area contributed by atoms with Crippen molar-refractivity contribution < 1.29 is 4.42 Å². The summed E-state index contributed by atoms with van der Waals surface area (Å²) in [5.74, 6) is 0.822. The van der Waals surface area contributed by atoms with Crippen molar-refractivity contribution in [3.8, 4) is 0 Å². The molecular formula is C15H15ClN4O. The minimum atomic E-state index is 0.183. The van der Waals surface area contributed by atoms with E-state index in [1.165, 1.54) is 0 Å². The standard InChI is InChI=1S/C15H15ClN4O/c16-9-3-4-12-11(6-9)13-14(21-12)15(19-8-18-13)20-5-1-2-10(17)7-20/h3-4,6,8,10H,1-2,5,7,17H2/t10-/m0/s1. The van der Waals surface area contributed by atoms with E-state index >= 15 is 0 Å². The van der Waals surface area contributed by atoms with Gasteiger partial charge in [0.25, 0.3) is 0 Å². The van der Waals surface area contributed by atoms with E-state index in [1.807, 2.05) is 18.2 Å². The van der Waals surface area contributed by atoms with Gasteiger partial charge in [-0.3, -0.25) is 0 Å². The quantitative estimate of drug-likeness (QED) is 0.748. The Morgan fingerprint density at radius 3 is 3.10 bits per heavy atom. The summed E-state index contributed by atoms with van der Waals surface area (Å²) in [6.07, 6.45) is 3.70. The number of aromatic nitrogens is 2. The highest BCUT2D eigenvalue weighted by Crippen LogP contribution is 2.34. The molecule has 0 saturated carbocycles. The lowest BCUT2D eigenvalue weighted by atomic mass is 10.1. The fourth-order valence-electron chi connectivity index (χ4n) is 2.96. The van der Waals surface area contributed by atoms with E-state index < -0.39 is 0 Å². The van der Waals surface area contributed by atoms with Gasteiger partial charge < -0.3 is 15.1 Å². The fraction of sp³-hybridized carbons (Fsp3) is 0.333. The van der Waals surface area contributed by atoms with Gasteiger partial charge in [0, 0.05) is 29.5 Å². The molecule has 0 amide bonds. The summed E-state index contributed by atoms with van der Waals surface area (Å²) >= 11 is 6.07. The maximum absolute atomic E-state index is 6.07. The van der Waals surface area contributed by atoms with Crippen LogP contribution in [-0.4, -0.2) is 29.1 Å². The molecule has 1 aromatic carbocycles. The van der Waals surface area contributed by atoms with Crippen LogP contribution in [0.5, 0.6) is 0 Å². The summed E-state index contributed by atoms with van der Waals surface area (Å²) in [6, 6.07) is 5.74. The van der Waals surface area contributed by atoms with Crippen LogP contribution in [0.3, 0.4) is 0 Å². The van der Waals surface area contributed by atoms with Gasteiger partial charge in [0.1, 0.15) is 17.4 Å². The monoisotopic (exact) mass is 302 g/mol. The predicted octanol–water partition coefficient (Wildman–Crippen LogP) is 2.96. The number of halogens is 1. The molecule has 5 nitrogen and oxygen atoms in total. The smallest absolute Gasteiger partial charge is 0.196 e. The molecule has 2 aromatic heterocycles. The third-order valence-corrected chi connectivity index (χ3v) is 4.19. The number of benzene rings is 1. The van der Waals surface area contributed by atoms with Crippen molar-refractivity contribution in [3.63, 3.8) is 0 Å². The molecule has 1 aliphatic heterocycles. The molecule has 0 unspecified atom stereocenters. The summed E-state index contributed by atoms with van der Waals surface area (Å²) < 4.78 is 5.96. The molecule has 4 rings (SSSR count). The van der Waals surface area contributed by atoms with E-state index in [1.54, 1.807) is 6.33 Å². The highest BCUT2D eigenvalue weighted by atomic mass is 35.5. The van der Waals surface area contributed by atoms with Gasteiger partial charge >= 0.3 is 0 Å². The Balaban J connectivity index is 1.91. The molecule has 0 spiro atoms. The minimum Gasteiger partial charge on any atom is -0.450 e. The first kappa shape index (κ1) is 12.9. The lowest BCUT2D eigenvalue weighted by Gasteiger charge is -2.31. The van der Waals surface area contributed by atoms with E-state index in [-0.39, 0.29) is 6.04 Å². The molecule has 0 bridgehead atoms. The molecule has 108 valence electrons. The van der Waals surface area contributed by atoms with Gasteiger partial charge in [-0.15, -0.1) is 0 Å². The van der Waals surface area contributed by atoms with Crippen LogP contribution in [0, 0.1) is 0 Å². The highest BCUT2D eigenvalue weighted by molar-refractivity contribution is 6.31. The average molecular weight is 303 g/mol. The number of fused-ring (bicyclic) bond motifs is 3. The number of furan rings is 1. The van der Waals surface area contributed by atoms with E-state index in [2.05, 4.69) is 14.9 Å². The molecule has 1 aliphatic rings. The van der Waals surface area contributed by atoms with Crippen molar-refractivity contribution in [2.45, 2.75) is 18.9 Å². The number of nitrogens with zero attached hydrogens (tertiary/aromatic N) is 3. The Morgan fingerprint density at radius 1 is 1.33 bits per heavy atom. The van der Waals surface area contributed by atoms with Gasteiger partial charge in [-0.2, -0.15) is 0 Å². The van der Waals surface area contributed by atoms with Gasteiger partial charge in [0.2, 0.25) is 0 Å². The van der Waals surface area contributed by atoms with E-state index in [0.717, 1.165) is 48.2 Å². The third kappa shape index (κ3) is 2.13. The Hall–Kier alpha value is -1.85. The summed E-state index contributed by atoms with van der Waals surface area (Å²) in [7, 11) is 0. The SMILES string of the molecule is N[C@H]1CCCN(c2ncnc3c2oc2ccc(Cl)cc23)C1. The van der Waals surface area contributed by atoms with Crippen LogP contribution in [-0.2, 0) is 0 Å². The number of nitrogens with two attached hydrogens (primary N) is 1. The normalized spacial score (nSPS) is 19.5.